The van der Waals surface area contributed by atoms with Crippen LogP contribution in [0.15, 0.2) is 47.8 Å². The Labute approximate surface area is 204 Å². The van der Waals surface area contributed by atoms with Gasteiger partial charge in [0.25, 0.3) is 0 Å². The summed E-state index contributed by atoms with van der Waals surface area (Å²) >= 11 is 1.36. The number of amides is 1. The Morgan fingerprint density at radius 2 is 1.82 bits per heavy atom. The summed E-state index contributed by atoms with van der Waals surface area (Å²) in [5.74, 6) is -2.65. The molecule has 0 radical (unpaired) electrons. The van der Waals surface area contributed by atoms with Gasteiger partial charge in [0, 0.05) is 4.88 Å². The number of benzene rings is 1. The monoisotopic (exact) mass is 487 g/mol. The van der Waals surface area contributed by atoms with Gasteiger partial charge in [0.15, 0.2) is 0 Å². The van der Waals surface area contributed by atoms with E-state index in [0.29, 0.717) is 4.88 Å². The Balaban J connectivity index is 2.10. The van der Waals surface area contributed by atoms with E-state index in [1.54, 1.807) is 26.8 Å². The quantitative estimate of drug-likeness (QED) is 0.507. The lowest BCUT2D eigenvalue weighted by Gasteiger charge is -2.40. The van der Waals surface area contributed by atoms with Crippen LogP contribution in [0.1, 0.15) is 63.9 Å². The van der Waals surface area contributed by atoms with Gasteiger partial charge in [-0.1, -0.05) is 50.2 Å². The van der Waals surface area contributed by atoms with Gasteiger partial charge in [0.05, 0.1) is 12.0 Å². The first-order chi connectivity index (χ1) is 15.9. The summed E-state index contributed by atoms with van der Waals surface area (Å²) in [6, 6.07) is 12.0. The molecule has 3 rings (SSSR count). The second-order valence-corrected chi connectivity index (χ2v) is 11.1. The SMILES string of the molecule is CC(C)C[C@]1(C(=O)OC(C)(C)C)C[C@@H](C(=O)O)[C@H](c2cccs2)N1C(=O)OCc1ccccc1. The number of carbonyl (C=O) groups is 3. The van der Waals surface area contributed by atoms with Crippen LogP contribution in [0, 0.1) is 11.8 Å². The molecule has 34 heavy (non-hydrogen) atoms. The first-order valence-corrected chi connectivity index (χ1v) is 12.3. The molecule has 7 nitrogen and oxygen atoms in total. The predicted octanol–water partition coefficient (Wildman–Crippen LogP) is 5.66. The number of nitrogens with zero attached hydrogens (tertiary/aromatic N) is 1. The van der Waals surface area contributed by atoms with Crippen LogP contribution in [0.25, 0.3) is 0 Å². The third-order valence-electron chi connectivity index (χ3n) is 5.76. The molecular weight excluding hydrogens is 454 g/mol. The number of esters is 1. The van der Waals surface area contributed by atoms with Crippen molar-refractivity contribution in [3.63, 3.8) is 0 Å². The average Bonchev–Trinajstić information content (AvgIpc) is 3.38. The fourth-order valence-corrected chi connectivity index (χ4v) is 5.48. The van der Waals surface area contributed by atoms with Gasteiger partial charge in [-0.15, -0.1) is 11.3 Å². The number of hydrogen-bond acceptors (Lipinski definition) is 6. The van der Waals surface area contributed by atoms with E-state index in [2.05, 4.69) is 0 Å². The molecule has 1 fully saturated rings. The molecule has 1 N–H and O–H groups in total. The van der Waals surface area contributed by atoms with Gasteiger partial charge in [-0.2, -0.15) is 0 Å². The van der Waals surface area contributed by atoms with Gasteiger partial charge in [-0.05, 0) is 56.5 Å². The number of carboxylic acid groups (broad SMARTS) is 1. The number of ether oxygens (including phenoxy) is 2. The first-order valence-electron chi connectivity index (χ1n) is 11.4. The molecule has 3 atom stereocenters. The Hall–Kier alpha value is -2.87. The predicted molar refractivity (Wildman–Crippen MR) is 129 cm³/mol. The molecule has 1 aromatic carbocycles. The molecule has 8 heteroatoms. The summed E-state index contributed by atoms with van der Waals surface area (Å²) in [4.78, 5) is 41.9. The topological polar surface area (TPSA) is 93.1 Å². The third kappa shape index (κ3) is 5.60. The molecule has 184 valence electrons. The zero-order valence-electron chi connectivity index (χ0n) is 20.3. The lowest BCUT2D eigenvalue weighted by molar-refractivity contribution is -0.169. The summed E-state index contributed by atoms with van der Waals surface area (Å²) in [5, 5.41) is 12.0. The highest BCUT2D eigenvalue weighted by Gasteiger charge is 2.62. The Morgan fingerprint density at radius 1 is 1.15 bits per heavy atom. The van der Waals surface area contributed by atoms with Crippen molar-refractivity contribution in [1.82, 2.24) is 4.90 Å². The zero-order chi connectivity index (χ0) is 25.1. The van der Waals surface area contributed by atoms with Gasteiger partial charge in [-0.3, -0.25) is 9.69 Å². The molecule has 0 bridgehead atoms. The van der Waals surface area contributed by atoms with Crippen LogP contribution in [-0.2, 0) is 25.7 Å². The summed E-state index contributed by atoms with van der Waals surface area (Å²) in [6.45, 7) is 9.16. The zero-order valence-corrected chi connectivity index (χ0v) is 21.1. The van der Waals surface area contributed by atoms with E-state index in [-0.39, 0.29) is 25.4 Å². The number of aliphatic carboxylic acids is 1. The third-order valence-corrected chi connectivity index (χ3v) is 6.70. The van der Waals surface area contributed by atoms with Crippen molar-refractivity contribution in [2.75, 3.05) is 0 Å². The molecule has 0 aliphatic carbocycles. The molecule has 2 heterocycles. The Kier molecular flexibility index (Phi) is 7.70. The van der Waals surface area contributed by atoms with Crippen molar-refractivity contribution in [2.45, 2.75) is 71.2 Å². The molecule has 2 aromatic rings. The molecule has 1 amide bonds. The molecule has 0 unspecified atom stereocenters. The summed E-state index contributed by atoms with van der Waals surface area (Å²) in [5.41, 5.74) is -1.47. The van der Waals surface area contributed by atoms with E-state index in [4.69, 9.17) is 9.47 Å². The number of thiophene rings is 1. The van der Waals surface area contributed by atoms with Gasteiger partial charge >= 0.3 is 18.0 Å². The Morgan fingerprint density at radius 3 is 2.35 bits per heavy atom. The van der Waals surface area contributed by atoms with Crippen molar-refractivity contribution < 1.29 is 29.0 Å². The number of rotatable bonds is 7. The first kappa shape index (κ1) is 25.7. The van der Waals surface area contributed by atoms with Gasteiger partial charge in [0.2, 0.25) is 0 Å². The minimum Gasteiger partial charge on any atom is -0.481 e. The maximum atomic E-state index is 13.7. The van der Waals surface area contributed by atoms with Crippen LogP contribution in [0.5, 0.6) is 0 Å². The van der Waals surface area contributed by atoms with Crippen molar-refractivity contribution in [2.24, 2.45) is 11.8 Å². The van der Waals surface area contributed by atoms with Crippen molar-refractivity contribution in [1.29, 1.82) is 0 Å². The van der Waals surface area contributed by atoms with Crippen LogP contribution in [-0.4, -0.2) is 39.2 Å². The highest BCUT2D eigenvalue weighted by Crippen LogP contribution is 2.51. The van der Waals surface area contributed by atoms with E-state index in [9.17, 15) is 19.5 Å². The number of carbonyl (C=O) groups excluding carboxylic acids is 2. The molecule has 1 aromatic heterocycles. The van der Waals surface area contributed by atoms with E-state index in [0.717, 1.165) is 5.56 Å². The largest absolute Gasteiger partial charge is 0.481 e. The van der Waals surface area contributed by atoms with Crippen LogP contribution in [0.4, 0.5) is 4.79 Å². The van der Waals surface area contributed by atoms with Crippen molar-refractivity contribution in [3.05, 3.63) is 58.3 Å². The molecule has 1 saturated heterocycles. The summed E-state index contributed by atoms with van der Waals surface area (Å²) in [6.07, 6.45) is -0.510. The van der Waals surface area contributed by atoms with Gasteiger partial charge in [-0.25, -0.2) is 9.59 Å². The van der Waals surface area contributed by atoms with Gasteiger partial charge in [0.1, 0.15) is 17.7 Å². The fraction of sp³-hybridized carbons (Fsp3) is 0.500. The van der Waals surface area contributed by atoms with Crippen LogP contribution >= 0.6 is 11.3 Å². The molecule has 0 spiro atoms. The fourth-order valence-electron chi connectivity index (χ4n) is 4.60. The smallest absolute Gasteiger partial charge is 0.411 e. The highest BCUT2D eigenvalue weighted by atomic mass is 32.1. The Bertz CT molecular complexity index is 998. The maximum Gasteiger partial charge on any atom is 0.411 e. The van der Waals surface area contributed by atoms with E-state index in [1.165, 1.54) is 16.2 Å². The second kappa shape index (κ2) is 10.2. The lowest BCUT2D eigenvalue weighted by Crippen LogP contribution is -2.56. The minimum absolute atomic E-state index is 0.00604. The molecular formula is C26H33NO6S. The number of likely N-dealkylation sites (tertiary alicyclic amines) is 1. The second-order valence-electron chi connectivity index (χ2n) is 10.2. The molecule has 1 aliphatic rings. The summed E-state index contributed by atoms with van der Waals surface area (Å²) < 4.78 is 11.5. The average molecular weight is 488 g/mol. The van der Waals surface area contributed by atoms with Crippen molar-refractivity contribution in [3.8, 4) is 0 Å². The standard InChI is InChI=1S/C26H33NO6S/c1-17(2)14-26(23(30)33-25(3,4)5)15-19(22(28)29)21(20-12-9-13-34-20)27(26)24(31)32-16-18-10-7-6-8-11-18/h6-13,17,19,21H,14-16H2,1-5H3,(H,28,29)/t19-,21-,26-/m1/s1. The molecule has 0 saturated carbocycles. The maximum absolute atomic E-state index is 13.7. The summed E-state index contributed by atoms with van der Waals surface area (Å²) in [7, 11) is 0. The highest BCUT2D eigenvalue weighted by molar-refractivity contribution is 7.10. The normalized spacial score (nSPS) is 22.6. The minimum atomic E-state index is -1.47. The number of hydrogen-bond donors (Lipinski definition) is 1. The van der Waals surface area contributed by atoms with E-state index in [1.807, 2.05) is 55.6 Å². The van der Waals surface area contributed by atoms with Crippen LogP contribution in [0.2, 0.25) is 0 Å². The van der Waals surface area contributed by atoms with E-state index >= 15 is 0 Å². The van der Waals surface area contributed by atoms with Crippen LogP contribution < -0.4 is 0 Å². The van der Waals surface area contributed by atoms with E-state index < -0.39 is 41.1 Å². The van der Waals surface area contributed by atoms with Crippen LogP contribution in [0.3, 0.4) is 0 Å². The van der Waals surface area contributed by atoms with Crippen molar-refractivity contribution >= 4 is 29.4 Å². The lowest BCUT2D eigenvalue weighted by atomic mass is 9.83. The van der Waals surface area contributed by atoms with Gasteiger partial charge < -0.3 is 14.6 Å². The molecule has 1 aliphatic heterocycles. The number of carboxylic acids is 1.